The molecule has 2 aromatic carbocycles. The number of para-hydroxylation sites is 1. The van der Waals surface area contributed by atoms with Gasteiger partial charge in [0, 0.05) is 12.1 Å². The highest BCUT2D eigenvalue weighted by Crippen LogP contribution is 2.25. The number of methoxy groups -OCH3 is 2. The Kier molecular flexibility index (Phi) is 6.33. The Morgan fingerprint density at radius 1 is 1.00 bits per heavy atom. The van der Waals surface area contributed by atoms with Crippen molar-refractivity contribution in [1.29, 1.82) is 0 Å². The van der Waals surface area contributed by atoms with E-state index >= 15 is 0 Å². The summed E-state index contributed by atoms with van der Waals surface area (Å²) in [5.74, 6) is -0.714. The maximum absolute atomic E-state index is 12.3. The summed E-state index contributed by atoms with van der Waals surface area (Å²) >= 11 is 0. The second kappa shape index (κ2) is 9.09. The number of nitrogens with one attached hydrogen (secondary N) is 2. The molecule has 0 heterocycles. The topological polar surface area (TPSA) is 103 Å². The van der Waals surface area contributed by atoms with Gasteiger partial charge in [0.1, 0.15) is 17.1 Å². The molecule has 0 radical (unpaired) electrons. The van der Waals surface area contributed by atoms with E-state index < -0.39 is 18.5 Å². The molecule has 0 atom stereocenters. The lowest BCUT2D eigenvalue weighted by molar-refractivity contribution is -0.119. The van der Waals surface area contributed by atoms with Gasteiger partial charge in [-0.15, -0.1) is 0 Å². The van der Waals surface area contributed by atoms with Crippen LogP contribution in [0.25, 0.3) is 0 Å². The van der Waals surface area contributed by atoms with Crippen molar-refractivity contribution in [3.05, 3.63) is 53.6 Å². The zero-order valence-electron chi connectivity index (χ0n) is 16.2. The number of ether oxygens (including phenoxy) is 3. The summed E-state index contributed by atoms with van der Waals surface area (Å²) in [6, 6.07) is 11.5. The summed E-state index contributed by atoms with van der Waals surface area (Å²) in [5, 5.41) is 5.49. The van der Waals surface area contributed by atoms with Crippen LogP contribution in [0.15, 0.2) is 42.5 Å². The predicted molar refractivity (Wildman–Crippen MR) is 105 cm³/mol. The van der Waals surface area contributed by atoms with Crippen molar-refractivity contribution in [3.63, 3.8) is 0 Å². The highest BCUT2D eigenvalue weighted by molar-refractivity contribution is 6.04. The molecule has 0 saturated heterocycles. The average molecular weight is 398 g/mol. The Bertz CT molecular complexity index is 923. The first-order valence-electron chi connectivity index (χ1n) is 9.10. The van der Waals surface area contributed by atoms with E-state index in [2.05, 4.69) is 10.6 Å². The first-order valence-corrected chi connectivity index (χ1v) is 9.10. The highest BCUT2D eigenvalue weighted by atomic mass is 16.5. The molecule has 8 heteroatoms. The summed E-state index contributed by atoms with van der Waals surface area (Å²) in [4.78, 5) is 36.8. The standard InChI is InChI=1S/C21H22N2O6/c1-27-14-9-10-16(18(11-14)28-2)21(26)29-12-19(24)23-17-6-4-3-5-15(17)20(25)22-13-7-8-13/h3-6,9-11,13H,7-8,12H2,1-2H3,(H,22,25)(H,23,24). The fraction of sp³-hybridized carbons (Fsp3) is 0.286. The highest BCUT2D eigenvalue weighted by Gasteiger charge is 2.25. The van der Waals surface area contributed by atoms with E-state index in [0.29, 0.717) is 17.0 Å². The molecule has 2 amide bonds. The third-order valence-electron chi connectivity index (χ3n) is 4.32. The fourth-order valence-corrected chi connectivity index (χ4v) is 2.64. The Balaban J connectivity index is 1.60. The number of benzene rings is 2. The minimum atomic E-state index is -0.709. The van der Waals surface area contributed by atoms with Crippen LogP contribution in [-0.4, -0.2) is 44.7 Å². The summed E-state index contributed by atoms with van der Waals surface area (Å²) < 4.78 is 15.3. The number of rotatable bonds is 8. The molecule has 1 aliphatic rings. The minimum absolute atomic E-state index is 0.172. The van der Waals surface area contributed by atoms with Gasteiger partial charge in [0.05, 0.1) is 25.5 Å². The van der Waals surface area contributed by atoms with Crippen LogP contribution >= 0.6 is 0 Å². The molecule has 8 nitrogen and oxygen atoms in total. The summed E-state index contributed by atoms with van der Waals surface area (Å²) in [6.45, 7) is -0.507. The second-order valence-corrected chi connectivity index (χ2v) is 6.48. The van der Waals surface area contributed by atoms with E-state index in [9.17, 15) is 14.4 Å². The molecule has 152 valence electrons. The van der Waals surface area contributed by atoms with Gasteiger partial charge >= 0.3 is 5.97 Å². The van der Waals surface area contributed by atoms with Gasteiger partial charge in [0.25, 0.3) is 11.8 Å². The summed E-state index contributed by atoms with van der Waals surface area (Å²) in [7, 11) is 2.92. The minimum Gasteiger partial charge on any atom is -0.497 e. The van der Waals surface area contributed by atoms with Crippen LogP contribution in [0, 0.1) is 0 Å². The first-order chi connectivity index (χ1) is 14.0. The molecule has 0 aromatic heterocycles. The number of esters is 1. The van der Waals surface area contributed by atoms with Crippen molar-refractivity contribution in [2.24, 2.45) is 0 Å². The molecule has 0 aliphatic heterocycles. The molecular weight excluding hydrogens is 376 g/mol. The molecule has 2 N–H and O–H groups in total. The number of hydrogen-bond acceptors (Lipinski definition) is 6. The molecule has 3 rings (SSSR count). The van der Waals surface area contributed by atoms with Gasteiger partial charge in [0.2, 0.25) is 0 Å². The van der Waals surface area contributed by atoms with Gasteiger partial charge in [0.15, 0.2) is 6.61 Å². The maximum atomic E-state index is 12.3. The third kappa shape index (κ3) is 5.25. The van der Waals surface area contributed by atoms with E-state index in [0.717, 1.165) is 12.8 Å². The number of hydrogen-bond donors (Lipinski definition) is 2. The summed E-state index contributed by atoms with van der Waals surface area (Å²) in [6.07, 6.45) is 1.93. The number of carbonyl (C=O) groups excluding carboxylic acids is 3. The Hall–Kier alpha value is -3.55. The monoisotopic (exact) mass is 398 g/mol. The summed E-state index contributed by atoms with van der Waals surface area (Å²) in [5.41, 5.74) is 0.884. The van der Waals surface area contributed by atoms with Crippen LogP contribution < -0.4 is 20.1 Å². The van der Waals surface area contributed by atoms with E-state index in [1.165, 1.54) is 20.3 Å². The van der Waals surface area contributed by atoms with Crippen LogP contribution in [0.3, 0.4) is 0 Å². The second-order valence-electron chi connectivity index (χ2n) is 6.48. The molecule has 1 saturated carbocycles. The van der Waals surface area contributed by atoms with Gasteiger partial charge in [-0.3, -0.25) is 9.59 Å². The predicted octanol–water partition coefficient (Wildman–Crippen LogP) is 2.39. The quantitative estimate of drug-likeness (QED) is 0.662. The van der Waals surface area contributed by atoms with Crippen molar-refractivity contribution < 1.29 is 28.6 Å². The van der Waals surface area contributed by atoms with Gasteiger partial charge < -0.3 is 24.8 Å². The molecule has 29 heavy (non-hydrogen) atoms. The van der Waals surface area contributed by atoms with Crippen LogP contribution in [-0.2, 0) is 9.53 Å². The lowest BCUT2D eigenvalue weighted by atomic mass is 10.1. The normalized spacial score (nSPS) is 12.6. The molecular formula is C21H22N2O6. The zero-order valence-corrected chi connectivity index (χ0v) is 16.2. The van der Waals surface area contributed by atoms with E-state index in [4.69, 9.17) is 14.2 Å². The lowest BCUT2D eigenvalue weighted by Gasteiger charge is -2.12. The van der Waals surface area contributed by atoms with E-state index in [1.54, 1.807) is 36.4 Å². The first kappa shape index (κ1) is 20.2. The molecule has 0 spiro atoms. The molecule has 1 aliphatic carbocycles. The van der Waals surface area contributed by atoms with Crippen molar-refractivity contribution in [2.75, 3.05) is 26.1 Å². The lowest BCUT2D eigenvalue weighted by Crippen LogP contribution is -2.28. The van der Waals surface area contributed by atoms with E-state index in [-0.39, 0.29) is 23.3 Å². The van der Waals surface area contributed by atoms with Gasteiger partial charge in [-0.25, -0.2) is 4.79 Å². The largest absolute Gasteiger partial charge is 0.497 e. The molecule has 0 bridgehead atoms. The number of amides is 2. The maximum Gasteiger partial charge on any atom is 0.342 e. The molecule has 2 aromatic rings. The third-order valence-corrected chi connectivity index (χ3v) is 4.32. The number of carbonyl (C=O) groups is 3. The average Bonchev–Trinajstić information content (AvgIpc) is 3.55. The van der Waals surface area contributed by atoms with Crippen molar-refractivity contribution in [3.8, 4) is 11.5 Å². The zero-order chi connectivity index (χ0) is 20.8. The van der Waals surface area contributed by atoms with E-state index in [1.807, 2.05) is 0 Å². The van der Waals surface area contributed by atoms with Crippen LogP contribution in [0.1, 0.15) is 33.6 Å². The Morgan fingerprint density at radius 3 is 2.45 bits per heavy atom. The van der Waals surface area contributed by atoms with Gasteiger partial charge in [-0.2, -0.15) is 0 Å². The fourth-order valence-electron chi connectivity index (χ4n) is 2.64. The Labute approximate surface area is 168 Å². The smallest absolute Gasteiger partial charge is 0.342 e. The number of anilines is 1. The van der Waals surface area contributed by atoms with Crippen molar-refractivity contribution >= 4 is 23.5 Å². The molecule has 0 unspecified atom stereocenters. The Morgan fingerprint density at radius 2 is 1.76 bits per heavy atom. The van der Waals surface area contributed by atoms with Crippen molar-refractivity contribution in [2.45, 2.75) is 18.9 Å². The van der Waals surface area contributed by atoms with Crippen molar-refractivity contribution in [1.82, 2.24) is 5.32 Å². The van der Waals surface area contributed by atoms with Crippen LogP contribution in [0.4, 0.5) is 5.69 Å². The van der Waals surface area contributed by atoms with Crippen LogP contribution in [0.2, 0.25) is 0 Å². The van der Waals surface area contributed by atoms with Gasteiger partial charge in [-0.05, 0) is 37.1 Å². The van der Waals surface area contributed by atoms with Crippen LogP contribution in [0.5, 0.6) is 11.5 Å². The SMILES string of the molecule is COc1ccc(C(=O)OCC(=O)Nc2ccccc2C(=O)NC2CC2)c(OC)c1. The van der Waals surface area contributed by atoms with Gasteiger partial charge in [-0.1, -0.05) is 12.1 Å². The molecule has 1 fully saturated rings.